The van der Waals surface area contributed by atoms with Gasteiger partial charge in [-0.25, -0.2) is 0 Å². The fourth-order valence-electron chi connectivity index (χ4n) is 1.56. The molecule has 0 spiro atoms. The zero-order valence-electron chi connectivity index (χ0n) is 10.4. The predicted octanol–water partition coefficient (Wildman–Crippen LogP) is 3.75. The van der Waals surface area contributed by atoms with E-state index in [0.717, 1.165) is 6.42 Å². The molecule has 18 heavy (non-hydrogen) atoms. The maximum atomic E-state index is 11.2. The maximum Gasteiger partial charge on any atom is 0.325 e. The summed E-state index contributed by atoms with van der Waals surface area (Å²) in [7, 11) is 0. The van der Waals surface area contributed by atoms with Gasteiger partial charge in [-0.15, -0.1) is 0 Å². The molecule has 0 heterocycles. The van der Waals surface area contributed by atoms with Crippen LogP contribution in [0.2, 0.25) is 10.0 Å². The Morgan fingerprint density at radius 2 is 2.00 bits per heavy atom. The van der Waals surface area contributed by atoms with Gasteiger partial charge < -0.3 is 10.4 Å². The fraction of sp³-hybridized carbons (Fsp3) is 0.462. The molecule has 0 saturated carbocycles. The molecule has 1 aromatic rings. The number of halogens is 2. The summed E-state index contributed by atoms with van der Waals surface area (Å²) in [6, 6.07) is 4.12. The summed E-state index contributed by atoms with van der Waals surface area (Å²) in [6.45, 7) is 4.84. The second-order valence-electron chi connectivity index (χ2n) is 4.58. The van der Waals surface area contributed by atoms with Crippen molar-refractivity contribution in [3.8, 4) is 0 Å². The first-order valence-electron chi connectivity index (χ1n) is 5.83. The highest BCUT2D eigenvalue weighted by Crippen LogP contribution is 2.25. The van der Waals surface area contributed by atoms with E-state index in [2.05, 4.69) is 19.2 Å². The van der Waals surface area contributed by atoms with Crippen LogP contribution in [0.15, 0.2) is 18.2 Å². The van der Waals surface area contributed by atoms with Crippen LogP contribution in [-0.2, 0) is 4.79 Å². The van der Waals surface area contributed by atoms with Gasteiger partial charge in [0.05, 0.1) is 10.0 Å². The van der Waals surface area contributed by atoms with E-state index in [-0.39, 0.29) is 0 Å². The number of carboxylic acid groups (broad SMARTS) is 1. The number of carbonyl (C=O) groups is 1. The first-order valence-corrected chi connectivity index (χ1v) is 6.58. The average molecular weight is 290 g/mol. The molecule has 1 unspecified atom stereocenters. The van der Waals surface area contributed by atoms with Gasteiger partial charge in [0.25, 0.3) is 0 Å². The third-order valence-electron chi connectivity index (χ3n) is 2.59. The molecule has 3 nitrogen and oxygen atoms in total. The molecule has 0 aliphatic carbocycles. The molecule has 1 atom stereocenters. The monoisotopic (exact) mass is 289 g/mol. The van der Waals surface area contributed by atoms with E-state index >= 15 is 0 Å². The van der Waals surface area contributed by atoms with Crippen LogP contribution in [0.4, 0.5) is 0 Å². The maximum absolute atomic E-state index is 11.2. The largest absolute Gasteiger partial charge is 0.480 e. The lowest BCUT2D eigenvalue weighted by Gasteiger charge is -2.16. The van der Waals surface area contributed by atoms with Gasteiger partial charge in [0.15, 0.2) is 0 Å². The molecular weight excluding hydrogens is 273 g/mol. The molecule has 0 aliphatic heterocycles. The Hall–Kier alpha value is -0.770. The minimum atomic E-state index is -0.919. The summed E-state index contributed by atoms with van der Waals surface area (Å²) in [5.41, 5.74) is 0.612. The Kier molecular flexibility index (Phi) is 5.93. The van der Waals surface area contributed by atoms with Crippen molar-refractivity contribution in [3.05, 3.63) is 33.8 Å². The highest BCUT2D eigenvalue weighted by atomic mass is 35.5. The third-order valence-corrected chi connectivity index (χ3v) is 3.33. The van der Waals surface area contributed by atoms with Gasteiger partial charge in [0.2, 0.25) is 0 Å². The van der Waals surface area contributed by atoms with Crippen molar-refractivity contribution in [2.45, 2.75) is 26.3 Å². The lowest BCUT2D eigenvalue weighted by Crippen LogP contribution is -2.29. The van der Waals surface area contributed by atoms with Crippen molar-refractivity contribution in [1.29, 1.82) is 0 Å². The van der Waals surface area contributed by atoms with Crippen molar-refractivity contribution in [2.75, 3.05) is 6.54 Å². The van der Waals surface area contributed by atoms with E-state index in [1.807, 2.05) is 0 Å². The SMILES string of the molecule is CC(C)CCNC(C(=O)O)c1ccc(Cl)c(Cl)c1. The van der Waals surface area contributed by atoms with Crippen molar-refractivity contribution >= 4 is 29.2 Å². The standard InChI is InChI=1S/C13H17Cl2NO2/c1-8(2)5-6-16-12(13(17)18)9-3-4-10(14)11(15)7-9/h3-4,7-8,12,16H,5-6H2,1-2H3,(H,17,18). The van der Waals surface area contributed by atoms with E-state index in [9.17, 15) is 9.90 Å². The molecule has 0 bridgehead atoms. The zero-order chi connectivity index (χ0) is 13.7. The molecule has 0 amide bonds. The van der Waals surface area contributed by atoms with Gasteiger partial charge in [-0.1, -0.05) is 43.1 Å². The van der Waals surface area contributed by atoms with Gasteiger partial charge in [-0.3, -0.25) is 4.79 Å². The molecule has 0 fully saturated rings. The summed E-state index contributed by atoms with van der Waals surface area (Å²) in [4.78, 5) is 11.2. The minimum absolute atomic E-state index is 0.367. The van der Waals surface area contributed by atoms with Crippen LogP contribution in [0, 0.1) is 5.92 Å². The average Bonchev–Trinajstić information content (AvgIpc) is 2.27. The van der Waals surface area contributed by atoms with Crippen molar-refractivity contribution in [2.24, 2.45) is 5.92 Å². The Balaban J connectivity index is 2.78. The number of aliphatic carboxylic acids is 1. The van der Waals surface area contributed by atoms with E-state index in [1.54, 1.807) is 18.2 Å². The lowest BCUT2D eigenvalue weighted by atomic mass is 10.1. The van der Waals surface area contributed by atoms with Crippen LogP contribution < -0.4 is 5.32 Å². The van der Waals surface area contributed by atoms with Crippen LogP contribution in [0.25, 0.3) is 0 Å². The smallest absolute Gasteiger partial charge is 0.325 e. The summed E-state index contributed by atoms with van der Waals surface area (Å²) in [6.07, 6.45) is 0.922. The molecule has 1 aromatic carbocycles. The molecule has 0 radical (unpaired) electrons. The van der Waals surface area contributed by atoms with Crippen LogP contribution in [0.1, 0.15) is 31.9 Å². The fourth-order valence-corrected chi connectivity index (χ4v) is 1.86. The Bertz CT molecular complexity index is 421. The number of nitrogens with one attached hydrogen (secondary N) is 1. The summed E-state index contributed by atoms with van der Waals surface area (Å²) in [5, 5.41) is 13.0. The highest BCUT2D eigenvalue weighted by molar-refractivity contribution is 6.42. The third kappa shape index (κ3) is 4.48. The topological polar surface area (TPSA) is 49.3 Å². The number of rotatable bonds is 6. The van der Waals surface area contributed by atoms with Crippen LogP contribution in [0.5, 0.6) is 0 Å². The van der Waals surface area contributed by atoms with Gasteiger partial charge in [-0.2, -0.15) is 0 Å². The van der Waals surface area contributed by atoms with Gasteiger partial charge in [0, 0.05) is 0 Å². The first kappa shape index (κ1) is 15.3. The van der Waals surface area contributed by atoms with Gasteiger partial charge >= 0.3 is 5.97 Å². The normalized spacial score (nSPS) is 12.7. The lowest BCUT2D eigenvalue weighted by molar-refractivity contribution is -0.139. The molecule has 0 saturated heterocycles. The second-order valence-corrected chi connectivity index (χ2v) is 5.40. The van der Waals surface area contributed by atoms with E-state index in [1.165, 1.54) is 0 Å². The van der Waals surface area contributed by atoms with Gasteiger partial charge in [-0.05, 0) is 36.6 Å². The number of carboxylic acids is 1. The molecule has 100 valence electrons. The number of benzene rings is 1. The van der Waals surface area contributed by atoms with Crippen molar-refractivity contribution in [1.82, 2.24) is 5.32 Å². The van der Waals surface area contributed by atoms with E-state index in [4.69, 9.17) is 23.2 Å². The Morgan fingerprint density at radius 3 is 2.50 bits per heavy atom. The molecule has 0 aromatic heterocycles. The Labute approximate surface area is 117 Å². The van der Waals surface area contributed by atoms with E-state index < -0.39 is 12.0 Å². The zero-order valence-corrected chi connectivity index (χ0v) is 11.9. The minimum Gasteiger partial charge on any atom is -0.480 e. The van der Waals surface area contributed by atoms with Gasteiger partial charge in [0.1, 0.15) is 6.04 Å². The first-order chi connectivity index (χ1) is 8.41. The molecule has 0 aliphatic rings. The summed E-state index contributed by atoms with van der Waals surface area (Å²) < 4.78 is 0. The quantitative estimate of drug-likeness (QED) is 0.838. The van der Waals surface area contributed by atoms with E-state index in [0.29, 0.717) is 28.1 Å². The summed E-state index contributed by atoms with van der Waals surface area (Å²) in [5.74, 6) is -0.391. The van der Waals surface area contributed by atoms with Crippen molar-refractivity contribution < 1.29 is 9.90 Å². The molecular formula is C13H17Cl2NO2. The second kappa shape index (κ2) is 6.98. The van der Waals surface area contributed by atoms with Crippen LogP contribution in [-0.4, -0.2) is 17.6 Å². The number of hydrogen-bond donors (Lipinski definition) is 2. The highest BCUT2D eigenvalue weighted by Gasteiger charge is 2.19. The molecule has 1 rings (SSSR count). The predicted molar refractivity (Wildman–Crippen MR) is 74.3 cm³/mol. The van der Waals surface area contributed by atoms with Crippen molar-refractivity contribution in [3.63, 3.8) is 0 Å². The molecule has 5 heteroatoms. The van der Waals surface area contributed by atoms with Crippen LogP contribution >= 0.6 is 23.2 Å². The summed E-state index contributed by atoms with van der Waals surface area (Å²) >= 11 is 11.7. The van der Waals surface area contributed by atoms with Crippen LogP contribution in [0.3, 0.4) is 0 Å². The molecule has 2 N–H and O–H groups in total. The Morgan fingerprint density at radius 1 is 1.33 bits per heavy atom. The number of hydrogen-bond acceptors (Lipinski definition) is 2.